The molecule has 2 aromatic carbocycles. The monoisotopic (exact) mass is 299 g/mol. The van der Waals surface area contributed by atoms with E-state index in [9.17, 15) is 4.79 Å². The zero-order valence-electron chi connectivity index (χ0n) is 13.1. The average Bonchev–Trinajstić information content (AvgIpc) is 2.54. The fourth-order valence-electron chi connectivity index (χ4n) is 2.25. The van der Waals surface area contributed by atoms with Gasteiger partial charge < -0.3 is 14.8 Å². The fourth-order valence-corrected chi connectivity index (χ4v) is 2.25. The van der Waals surface area contributed by atoms with Crippen LogP contribution in [0.25, 0.3) is 0 Å². The van der Waals surface area contributed by atoms with Crippen LogP contribution >= 0.6 is 0 Å². The number of hydrogen-bond donors (Lipinski definition) is 1. The summed E-state index contributed by atoms with van der Waals surface area (Å²) in [5.41, 5.74) is 1.95. The van der Waals surface area contributed by atoms with Gasteiger partial charge in [0.25, 0.3) is 5.91 Å². The second-order valence-corrected chi connectivity index (χ2v) is 5.09. The smallest absolute Gasteiger partial charge is 0.258 e. The second-order valence-electron chi connectivity index (χ2n) is 5.09. The summed E-state index contributed by atoms with van der Waals surface area (Å²) in [6, 6.07) is 15.1. The molecular formula is C18H21NO3. The van der Waals surface area contributed by atoms with Gasteiger partial charge in [0.2, 0.25) is 0 Å². The Hall–Kier alpha value is -2.49. The summed E-state index contributed by atoms with van der Waals surface area (Å²) < 4.78 is 10.9. The number of amides is 1. The van der Waals surface area contributed by atoms with Crippen molar-refractivity contribution in [2.24, 2.45) is 0 Å². The predicted molar refractivity (Wildman–Crippen MR) is 86.2 cm³/mol. The quantitative estimate of drug-likeness (QED) is 0.890. The summed E-state index contributed by atoms with van der Waals surface area (Å²) in [4.78, 5) is 12.0. The SMILES string of the molecule is COc1ccccc1[C@H](C)NC(=O)COc1ccccc1C. The van der Waals surface area contributed by atoms with Crippen molar-refractivity contribution in [3.63, 3.8) is 0 Å². The van der Waals surface area contributed by atoms with Crippen molar-refractivity contribution in [1.29, 1.82) is 0 Å². The summed E-state index contributed by atoms with van der Waals surface area (Å²) >= 11 is 0. The maximum Gasteiger partial charge on any atom is 0.258 e. The minimum absolute atomic E-state index is 0.00958. The van der Waals surface area contributed by atoms with Gasteiger partial charge in [0.05, 0.1) is 13.2 Å². The molecule has 1 atom stereocenters. The summed E-state index contributed by atoms with van der Waals surface area (Å²) in [5.74, 6) is 1.32. The number of carbonyl (C=O) groups is 1. The van der Waals surface area contributed by atoms with Crippen LogP contribution in [0, 0.1) is 6.92 Å². The molecule has 0 saturated heterocycles. The number of methoxy groups -OCH3 is 1. The highest BCUT2D eigenvalue weighted by atomic mass is 16.5. The highest BCUT2D eigenvalue weighted by Gasteiger charge is 2.14. The zero-order chi connectivity index (χ0) is 15.9. The molecule has 4 heteroatoms. The minimum atomic E-state index is -0.165. The number of nitrogens with one attached hydrogen (secondary N) is 1. The molecule has 0 heterocycles. The van der Waals surface area contributed by atoms with Crippen molar-refractivity contribution in [1.82, 2.24) is 5.32 Å². The molecule has 0 fully saturated rings. The highest BCUT2D eigenvalue weighted by Crippen LogP contribution is 2.24. The average molecular weight is 299 g/mol. The molecule has 0 unspecified atom stereocenters. The Bertz CT molecular complexity index is 640. The molecule has 0 saturated carbocycles. The topological polar surface area (TPSA) is 47.6 Å². The Kier molecular flexibility index (Phi) is 5.42. The van der Waals surface area contributed by atoms with Gasteiger partial charge in [-0.2, -0.15) is 0 Å². The second kappa shape index (κ2) is 7.50. The maximum absolute atomic E-state index is 12.0. The molecule has 22 heavy (non-hydrogen) atoms. The van der Waals surface area contributed by atoms with Crippen LogP contribution in [-0.4, -0.2) is 19.6 Å². The highest BCUT2D eigenvalue weighted by molar-refractivity contribution is 5.78. The van der Waals surface area contributed by atoms with Crippen LogP contribution in [0.5, 0.6) is 11.5 Å². The van der Waals surface area contributed by atoms with E-state index in [-0.39, 0.29) is 18.6 Å². The molecule has 116 valence electrons. The Balaban J connectivity index is 1.93. The third-order valence-corrected chi connectivity index (χ3v) is 3.44. The first kappa shape index (κ1) is 15.9. The number of para-hydroxylation sites is 2. The lowest BCUT2D eigenvalue weighted by molar-refractivity contribution is -0.123. The third-order valence-electron chi connectivity index (χ3n) is 3.44. The maximum atomic E-state index is 12.0. The number of ether oxygens (including phenoxy) is 2. The summed E-state index contributed by atoms with van der Waals surface area (Å²) in [6.45, 7) is 3.86. The first-order chi connectivity index (χ1) is 10.6. The third kappa shape index (κ3) is 4.01. The van der Waals surface area contributed by atoms with E-state index in [1.54, 1.807) is 7.11 Å². The van der Waals surface area contributed by atoms with E-state index in [0.717, 1.165) is 22.6 Å². The lowest BCUT2D eigenvalue weighted by atomic mass is 10.1. The van der Waals surface area contributed by atoms with Gasteiger partial charge in [-0.15, -0.1) is 0 Å². The van der Waals surface area contributed by atoms with Gasteiger partial charge in [0.1, 0.15) is 11.5 Å². The van der Waals surface area contributed by atoms with Crippen LogP contribution in [-0.2, 0) is 4.79 Å². The van der Waals surface area contributed by atoms with Crippen LogP contribution < -0.4 is 14.8 Å². The molecule has 2 aromatic rings. The molecule has 1 amide bonds. The molecule has 4 nitrogen and oxygen atoms in total. The summed E-state index contributed by atoms with van der Waals surface area (Å²) in [5, 5.41) is 2.92. The normalized spacial score (nSPS) is 11.6. The number of aryl methyl sites for hydroxylation is 1. The van der Waals surface area contributed by atoms with Gasteiger partial charge in [-0.3, -0.25) is 4.79 Å². The largest absolute Gasteiger partial charge is 0.496 e. The molecule has 0 aliphatic carbocycles. The molecule has 1 N–H and O–H groups in total. The van der Waals surface area contributed by atoms with E-state index in [4.69, 9.17) is 9.47 Å². The van der Waals surface area contributed by atoms with E-state index in [2.05, 4.69) is 5.32 Å². The Morgan fingerprint density at radius 3 is 2.41 bits per heavy atom. The summed E-state index contributed by atoms with van der Waals surface area (Å²) in [7, 11) is 1.62. The lowest BCUT2D eigenvalue weighted by Gasteiger charge is -2.17. The Morgan fingerprint density at radius 2 is 1.73 bits per heavy atom. The van der Waals surface area contributed by atoms with Crippen LogP contribution in [0.15, 0.2) is 48.5 Å². The van der Waals surface area contributed by atoms with Crippen molar-refractivity contribution in [3.05, 3.63) is 59.7 Å². The first-order valence-corrected chi connectivity index (χ1v) is 7.22. The van der Waals surface area contributed by atoms with Crippen molar-refractivity contribution in [3.8, 4) is 11.5 Å². The number of rotatable bonds is 6. The molecule has 0 radical (unpaired) electrons. The van der Waals surface area contributed by atoms with Gasteiger partial charge in [0.15, 0.2) is 6.61 Å². The van der Waals surface area contributed by atoms with Crippen molar-refractivity contribution in [2.75, 3.05) is 13.7 Å². The van der Waals surface area contributed by atoms with Gasteiger partial charge >= 0.3 is 0 Å². The van der Waals surface area contributed by atoms with E-state index in [1.165, 1.54) is 0 Å². The molecule has 0 aliphatic heterocycles. The number of hydrogen-bond acceptors (Lipinski definition) is 3. The van der Waals surface area contributed by atoms with E-state index in [1.807, 2.05) is 62.4 Å². The minimum Gasteiger partial charge on any atom is -0.496 e. The van der Waals surface area contributed by atoms with Gasteiger partial charge in [-0.05, 0) is 31.5 Å². The standard InChI is InChI=1S/C18H21NO3/c1-13-8-4-6-10-16(13)22-12-18(20)19-14(2)15-9-5-7-11-17(15)21-3/h4-11,14H,12H2,1-3H3,(H,19,20)/t14-/m0/s1. The predicted octanol–water partition coefficient (Wildman–Crippen LogP) is 3.26. The molecule has 0 aliphatic rings. The number of benzene rings is 2. The van der Waals surface area contributed by atoms with Gasteiger partial charge in [0, 0.05) is 5.56 Å². The van der Waals surface area contributed by atoms with Gasteiger partial charge in [-0.25, -0.2) is 0 Å². The van der Waals surface area contributed by atoms with E-state index < -0.39 is 0 Å². The first-order valence-electron chi connectivity index (χ1n) is 7.22. The molecule has 0 aromatic heterocycles. The number of carbonyl (C=O) groups excluding carboxylic acids is 1. The van der Waals surface area contributed by atoms with E-state index in [0.29, 0.717) is 0 Å². The van der Waals surface area contributed by atoms with Crippen molar-refractivity contribution >= 4 is 5.91 Å². The van der Waals surface area contributed by atoms with Crippen molar-refractivity contribution in [2.45, 2.75) is 19.9 Å². The Morgan fingerprint density at radius 1 is 1.09 bits per heavy atom. The molecule has 0 spiro atoms. The van der Waals surface area contributed by atoms with Crippen LogP contribution in [0.4, 0.5) is 0 Å². The van der Waals surface area contributed by atoms with Crippen molar-refractivity contribution < 1.29 is 14.3 Å². The zero-order valence-corrected chi connectivity index (χ0v) is 13.1. The van der Waals surface area contributed by atoms with E-state index >= 15 is 0 Å². The van der Waals surface area contributed by atoms with Crippen LogP contribution in [0.2, 0.25) is 0 Å². The summed E-state index contributed by atoms with van der Waals surface area (Å²) in [6.07, 6.45) is 0. The molecular weight excluding hydrogens is 278 g/mol. The fraction of sp³-hybridized carbons (Fsp3) is 0.278. The Labute approximate surface area is 131 Å². The van der Waals surface area contributed by atoms with Crippen LogP contribution in [0.3, 0.4) is 0 Å². The molecule has 0 bridgehead atoms. The van der Waals surface area contributed by atoms with Crippen LogP contribution in [0.1, 0.15) is 24.1 Å². The van der Waals surface area contributed by atoms with Gasteiger partial charge in [-0.1, -0.05) is 36.4 Å². The molecule has 2 rings (SSSR count). The lowest BCUT2D eigenvalue weighted by Crippen LogP contribution is -2.31.